The number of hydrogen-bond acceptors (Lipinski definition) is 4. The second kappa shape index (κ2) is 6.35. The number of aromatic nitrogens is 2. The lowest BCUT2D eigenvalue weighted by molar-refractivity contribution is 0.410. The van der Waals surface area contributed by atoms with Gasteiger partial charge in [0.05, 0.1) is 11.6 Å². The third kappa shape index (κ3) is 3.43. The molecule has 4 nitrogen and oxygen atoms in total. The summed E-state index contributed by atoms with van der Waals surface area (Å²) in [6.45, 7) is 0.766. The quantitative estimate of drug-likeness (QED) is 0.922. The van der Waals surface area contributed by atoms with Gasteiger partial charge in [0.2, 0.25) is 5.95 Å². The summed E-state index contributed by atoms with van der Waals surface area (Å²) in [5.41, 5.74) is 1.17. The molecular weight excluding hydrogens is 294 g/mol. The van der Waals surface area contributed by atoms with Gasteiger partial charge in [0.15, 0.2) is 0 Å². The van der Waals surface area contributed by atoms with E-state index < -0.39 is 0 Å². The van der Waals surface area contributed by atoms with Gasteiger partial charge >= 0.3 is 0 Å². The molecule has 0 aliphatic heterocycles. The maximum absolute atomic E-state index is 5.30. The highest BCUT2D eigenvalue weighted by atomic mass is 79.9. The van der Waals surface area contributed by atoms with Crippen molar-refractivity contribution in [1.82, 2.24) is 9.97 Å². The summed E-state index contributed by atoms with van der Waals surface area (Å²) >= 11 is 3.30. The first kappa shape index (κ1) is 12.8. The number of methoxy groups -OCH3 is 1. The highest BCUT2D eigenvalue weighted by molar-refractivity contribution is 9.10. The Balaban J connectivity index is 1.90. The Hall–Kier alpha value is -1.62. The fraction of sp³-hybridized carbons (Fsp3) is 0.231. The van der Waals surface area contributed by atoms with E-state index in [1.165, 1.54) is 5.56 Å². The summed E-state index contributed by atoms with van der Waals surface area (Å²) in [6.07, 6.45) is 4.31. The van der Waals surface area contributed by atoms with Gasteiger partial charge in [-0.15, -0.1) is 0 Å². The Morgan fingerprint density at radius 2 is 1.94 bits per heavy atom. The standard InChI is InChI=1S/C13H14BrN3O/c1-18-12-5-3-2-4-10(12)6-7-15-13-16-8-11(14)9-17-13/h2-5,8-9H,6-7H2,1H3,(H,15,16,17). The van der Waals surface area contributed by atoms with Crippen molar-refractivity contribution in [2.75, 3.05) is 19.0 Å². The number of halogens is 1. The molecule has 1 aromatic carbocycles. The highest BCUT2D eigenvalue weighted by Gasteiger charge is 2.01. The van der Waals surface area contributed by atoms with Crippen LogP contribution in [0.3, 0.4) is 0 Å². The van der Waals surface area contributed by atoms with Gasteiger partial charge in [-0.3, -0.25) is 0 Å². The molecule has 18 heavy (non-hydrogen) atoms. The molecular formula is C13H14BrN3O. The normalized spacial score (nSPS) is 10.1. The molecule has 0 saturated carbocycles. The van der Waals surface area contributed by atoms with E-state index in [1.807, 2.05) is 18.2 Å². The molecule has 0 aliphatic rings. The van der Waals surface area contributed by atoms with E-state index in [4.69, 9.17) is 4.74 Å². The average molecular weight is 308 g/mol. The van der Waals surface area contributed by atoms with E-state index in [-0.39, 0.29) is 0 Å². The maximum Gasteiger partial charge on any atom is 0.222 e. The van der Waals surface area contributed by atoms with Crippen molar-refractivity contribution in [2.45, 2.75) is 6.42 Å². The second-order valence-electron chi connectivity index (χ2n) is 3.71. The lowest BCUT2D eigenvalue weighted by atomic mass is 10.1. The molecule has 1 aromatic heterocycles. The zero-order valence-corrected chi connectivity index (χ0v) is 11.6. The number of nitrogens with zero attached hydrogens (tertiary/aromatic N) is 2. The van der Waals surface area contributed by atoms with Crippen LogP contribution in [0.1, 0.15) is 5.56 Å². The Morgan fingerprint density at radius 1 is 1.22 bits per heavy atom. The molecule has 5 heteroatoms. The number of benzene rings is 1. The number of rotatable bonds is 5. The lowest BCUT2D eigenvalue weighted by Gasteiger charge is -2.08. The summed E-state index contributed by atoms with van der Waals surface area (Å²) in [5, 5.41) is 3.17. The molecule has 94 valence electrons. The molecule has 0 radical (unpaired) electrons. The Morgan fingerprint density at radius 3 is 2.67 bits per heavy atom. The number of hydrogen-bond donors (Lipinski definition) is 1. The lowest BCUT2D eigenvalue weighted by Crippen LogP contribution is -2.08. The number of para-hydroxylation sites is 1. The van der Waals surface area contributed by atoms with E-state index in [2.05, 4.69) is 37.3 Å². The molecule has 0 aliphatic carbocycles. The van der Waals surface area contributed by atoms with Crippen LogP contribution in [0.5, 0.6) is 5.75 Å². The predicted octanol–water partition coefficient (Wildman–Crippen LogP) is 2.90. The van der Waals surface area contributed by atoms with Gasteiger partial charge in [0, 0.05) is 18.9 Å². The first-order chi connectivity index (χ1) is 8.79. The van der Waals surface area contributed by atoms with Crippen LogP contribution in [0.25, 0.3) is 0 Å². The number of ether oxygens (including phenoxy) is 1. The smallest absolute Gasteiger partial charge is 0.222 e. The molecule has 0 atom stereocenters. The van der Waals surface area contributed by atoms with Crippen LogP contribution in [0.4, 0.5) is 5.95 Å². The zero-order valence-electron chi connectivity index (χ0n) is 10.1. The summed E-state index contributed by atoms with van der Waals surface area (Å²) < 4.78 is 6.17. The van der Waals surface area contributed by atoms with Gasteiger partial charge in [-0.25, -0.2) is 9.97 Å². The summed E-state index contributed by atoms with van der Waals surface area (Å²) in [5.74, 6) is 1.55. The van der Waals surface area contributed by atoms with E-state index in [1.54, 1.807) is 19.5 Å². The van der Waals surface area contributed by atoms with Crippen LogP contribution >= 0.6 is 15.9 Å². The van der Waals surface area contributed by atoms with Gasteiger partial charge < -0.3 is 10.1 Å². The molecule has 0 bridgehead atoms. The number of nitrogens with one attached hydrogen (secondary N) is 1. The third-order valence-corrected chi connectivity index (χ3v) is 2.90. The van der Waals surface area contributed by atoms with Crippen LogP contribution in [0, 0.1) is 0 Å². The predicted molar refractivity (Wildman–Crippen MR) is 74.9 cm³/mol. The Bertz CT molecular complexity index is 502. The molecule has 1 heterocycles. The molecule has 0 fully saturated rings. The van der Waals surface area contributed by atoms with Gasteiger partial charge in [0.25, 0.3) is 0 Å². The van der Waals surface area contributed by atoms with Crippen molar-refractivity contribution < 1.29 is 4.74 Å². The fourth-order valence-electron chi connectivity index (χ4n) is 1.62. The molecule has 2 aromatic rings. The minimum absolute atomic E-state index is 0.632. The fourth-order valence-corrected chi connectivity index (χ4v) is 1.83. The van der Waals surface area contributed by atoms with Crippen LogP contribution in [-0.2, 0) is 6.42 Å². The molecule has 0 amide bonds. The van der Waals surface area contributed by atoms with Gasteiger partial charge in [-0.05, 0) is 34.0 Å². The highest BCUT2D eigenvalue weighted by Crippen LogP contribution is 2.17. The minimum atomic E-state index is 0.632. The van der Waals surface area contributed by atoms with Gasteiger partial charge in [-0.2, -0.15) is 0 Å². The Labute approximate surface area is 115 Å². The van der Waals surface area contributed by atoms with E-state index in [0.717, 1.165) is 23.2 Å². The molecule has 0 saturated heterocycles. The van der Waals surface area contributed by atoms with Gasteiger partial charge in [0.1, 0.15) is 5.75 Å². The van der Waals surface area contributed by atoms with Crippen molar-refractivity contribution >= 4 is 21.9 Å². The van der Waals surface area contributed by atoms with Crippen molar-refractivity contribution in [1.29, 1.82) is 0 Å². The topological polar surface area (TPSA) is 47.0 Å². The average Bonchev–Trinajstić information content (AvgIpc) is 2.41. The first-order valence-corrected chi connectivity index (χ1v) is 6.42. The summed E-state index contributed by atoms with van der Waals surface area (Å²) in [4.78, 5) is 8.30. The van der Waals surface area contributed by atoms with Crippen LogP contribution in [0.2, 0.25) is 0 Å². The van der Waals surface area contributed by atoms with Crippen molar-refractivity contribution in [3.63, 3.8) is 0 Å². The minimum Gasteiger partial charge on any atom is -0.496 e. The van der Waals surface area contributed by atoms with Crippen molar-refractivity contribution in [3.05, 3.63) is 46.7 Å². The van der Waals surface area contributed by atoms with Crippen LogP contribution in [-0.4, -0.2) is 23.6 Å². The summed E-state index contributed by atoms with van der Waals surface area (Å²) in [7, 11) is 1.68. The Kier molecular flexibility index (Phi) is 4.52. The maximum atomic E-state index is 5.30. The monoisotopic (exact) mass is 307 g/mol. The first-order valence-electron chi connectivity index (χ1n) is 5.63. The van der Waals surface area contributed by atoms with Crippen LogP contribution < -0.4 is 10.1 Å². The van der Waals surface area contributed by atoms with Crippen molar-refractivity contribution in [3.8, 4) is 5.75 Å². The van der Waals surface area contributed by atoms with Crippen molar-refractivity contribution in [2.24, 2.45) is 0 Å². The van der Waals surface area contributed by atoms with E-state index in [9.17, 15) is 0 Å². The molecule has 2 rings (SSSR count). The molecule has 0 spiro atoms. The van der Waals surface area contributed by atoms with Gasteiger partial charge in [-0.1, -0.05) is 18.2 Å². The second-order valence-corrected chi connectivity index (χ2v) is 4.63. The van der Waals surface area contributed by atoms with E-state index in [0.29, 0.717) is 5.95 Å². The van der Waals surface area contributed by atoms with Crippen LogP contribution in [0.15, 0.2) is 41.1 Å². The summed E-state index contributed by atoms with van der Waals surface area (Å²) in [6, 6.07) is 8.00. The van der Waals surface area contributed by atoms with E-state index >= 15 is 0 Å². The zero-order chi connectivity index (χ0) is 12.8. The molecule has 1 N–H and O–H groups in total. The third-order valence-electron chi connectivity index (χ3n) is 2.49. The SMILES string of the molecule is COc1ccccc1CCNc1ncc(Br)cn1. The number of anilines is 1. The molecule has 0 unspecified atom stereocenters. The largest absolute Gasteiger partial charge is 0.496 e.